The summed E-state index contributed by atoms with van der Waals surface area (Å²) in [5.74, 6) is 0. The van der Waals surface area contributed by atoms with Crippen LogP contribution in [0.1, 0.15) is 30.5 Å². The lowest BCUT2D eigenvalue weighted by atomic mass is 9.96. The molecule has 0 aliphatic rings. The third-order valence-electron chi connectivity index (χ3n) is 8.76. The maximum absolute atomic E-state index is 3.75. The van der Waals surface area contributed by atoms with Gasteiger partial charge in [-0.2, -0.15) is 0 Å². The van der Waals surface area contributed by atoms with Gasteiger partial charge >= 0.3 is 0 Å². The van der Waals surface area contributed by atoms with Crippen molar-refractivity contribution in [1.82, 2.24) is 5.32 Å². The number of nitrogens with one attached hydrogen (secondary N) is 1. The van der Waals surface area contributed by atoms with Crippen molar-refractivity contribution in [2.24, 2.45) is 0 Å². The Bertz CT molecular complexity index is 2330. The molecular formula is C46H39NS. The number of allylic oxidation sites excluding steroid dienone is 1. The van der Waals surface area contributed by atoms with Gasteiger partial charge in [0.25, 0.3) is 0 Å². The highest BCUT2D eigenvalue weighted by molar-refractivity contribution is 7.26. The van der Waals surface area contributed by atoms with Crippen LogP contribution in [0, 0.1) is 0 Å². The van der Waals surface area contributed by atoms with Crippen molar-refractivity contribution in [2.45, 2.75) is 26.8 Å². The zero-order valence-electron chi connectivity index (χ0n) is 27.5. The largest absolute Gasteiger partial charge is 0.381 e. The molecule has 8 aromatic rings. The van der Waals surface area contributed by atoms with E-state index >= 15 is 0 Å². The fraction of sp³-hybridized carbons (Fsp3) is 0.0870. The molecule has 1 heterocycles. The fourth-order valence-electron chi connectivity index (χ4n) is 6.36. The number of hydrogen-bond acceptors (Lipinski definition) is 2. The summed E-state index contributed by atoms with van der Waals surface area (Å²) in [7, 11) is 0. The van der Waals surface area contributed by atoms with Crippen LogP contribution in [-0.4, -0.2) is 0 Å². The molecule has 2 heteroatoms. The summed E-state index contributed by atoms with van der Waals surface area (Å²) in [5, 5.41) is 8.99. The second-order valence-corrected chi connectivity index (χ2v) is 12.8. The van der Waals surface area contributed by atoms with Gasteiger partial charge in [-0.3, -0.25) is 0 Å². The third-order valence-corrected chi connectivity index (χ3v) is 9.96. The van der Waals surface area contributed by atoms with E-state index < -0.39 is 0 Å². The zero-order chi connectivity index (χ0) is 32.7. The molecular weight excluding hydrogens is 599 g/mol. The molecule has 0 unspecified atom stereocenters. The lowest BCUT2D eigenvalue weighted by Crippen LogP contribution is -2.12. The van der Waals surface area contributed by atoms with Crippen LogP contribution in [-0.2, 0) is 13.0 Å². The van der Waals surface area contributed by atoms with Gasteiger partial charge in [0.1, 0.15) is 0 Å². The molecule has 48 heavy (non-hydrogen) atoms. The van der Waals surface area contributed by atoms with E-state index in [1.54, 1.807) is 0 Å². The Morgan fingerprint density at radius 1 is 0.542 bits per heavy atom. The minimum absolute atomic E-state index is 0.774. The van der Waals surface area contributed by atoms with E-state index in [9.17, 15) is 0 Å². The molecule has 1 nitrogen and oxygen atoms in total. The van der Waals surface area contributed by atoms with Gasteiger partial charge < -0.3 is 5.32 Å². The molecule has 8 rings (SSSR count). The van der Waals surface area contributed by atoms with Crippen LogP contribution in [0.15, 0.2) is 170 Å². The lowest BCUT2D eigenvalue weighted by Gasteiger charge is -2.14. The van der Waals surface area contributed by atoms with Crippen molar-refractivity contribution in [3.05, 3.63) is 187 Å². The molecule has 0 saturated carbocycles. The highest BCUT2D eigenvalue weighted by Gasteiger charge is 2.13. The monoisotopic (exact) mass is 637 g/mol. The summed E-state index contributed by atoms with van der Waals surface area (Å²) >= 11 is 1.90. The number of hydrogen-bond donors (Lipinski definition) is 1. The van der Waals surface area contributed by atoms with Gasteiger partial charge in [-0.15, -0.1) is 11.3 Å². The van der Waals surface area contributed by atoms with Crippen LogP contribution in [0.5, 0.6) is 0 Å². The summed E-state index contributed by atoms with van der Waals surface area (Å²) in [5.41, 5.74) is 9.85. The van der Waals surface area contributed by atoms with Crippen molar-refractivity contribution in [3.8, 4) is 22.3 Å². The molecule has 0 fully saturated rings. The quantitative estimate of drug-likeness (QED) is 0.175. The summed E-state index contributed by atoms with van der Waals surface area (Å²) < 4.78 is 2.68. The maximum Gasteiger partial charge on any atom is 0.0433 e. The average Bonchev–Trinajstić information content (AvgIpc) is 3.53. The predicted octanol–water partition coefficient (Wildman–Crippen LogP) is 12.9. The van der Waals surface area contributed by atoms with Crippen LogP contribution in [0.2, 0.25) is 0 Å². The van der Waals surface area contributed by atoms with E-state index in [0.717, 1.165) is 18.7 Å². The summed E-state index contributed by atoms with van der Waals surface area (Å²) in [6.07, 6.45) is 3.19. The second kappa shape index (κ2) is 14.5. The smallest absolute Gasteiger partial charge is 0.0433 e. The van der Waals surface area contributed by atoms with Crippen molar-refractivity contribution in [1.29, 1.82) is 0 Å². The Morgan fingerprint density at radius 2 is 1.17 bits per heavy atom. The van der Waals surface area contributed by atoms with E-state index in [-0.39, 0.29) is 0 Å². The van der Waals surface area contributed by atoms with Crippen molar-refractivity contribution < 1.29 is 0 Å². The number of fused-ring (bicyclic) bond motifs is 4. The van der Waals surface area contributed by atoms with Gasteiger partial charge in [-0.1, -0.05) is 159 Å². The Kier molecular flexibility index (Phi) is 9.45. The first-order valence-electron chi connectivity index (χ1n) is 16.9. The molecule has 7 aromatic carbocycles. The normalized spacial score (nSPS) is 11.4. The van der Waals surface area contributed by atoms with Crippen LogP contribution in [0.3, 0.4) is 0 Å². The van der Waals surface area contributed by atoms with Gasteiger partial charge in [0.2, 0.25) is 0 Å². The Labute approximate surface area is 287 Å². The molecule has 0 spiro atoms. The molecule has 234 valence electrons. The summed E-state index contributed by atoms with van der Waals surface area (Å²) in [6.45, 7) is 4.77. The van der Waals surface area contributed by atoms with Crippen molar-refractivity contribution >= 4 is 48.0 Å². The molecule has 0 aliphatic carbocycles. The van der Waals surface area contributed by atoms with E-state index in [1.807, 2.05) is 25.2 Å². The standard InChI is InChI=1S/C44H33NS.C2H6/c1-3-12-31(13-4-1)24-25-42(45-30-32-14-5-2-6-15-32)38-21-10-19-34(27-38)33-18-9-20-37(26-33)39-22-11-23-40-41-28-35-16-7-8-17-36(35)29-43(41)46-44(39)40;1-2/h1-23,25-29,45H,24,30H2;1-2H3/b42-25-;. The number of rotatable bonds is 8. The predicted molar refractivity (Wildman–Crippen MR) is 210 cm³/mol. The van der Waals surface area contributed by atoms with Crippen molar-refractivity contribution in [2.75, 3.05) is 0 Å². The Balaban J connectivity index is 0.00000179. The summed E-state index contributed by atoms with van der Waals surface area (Å²) in [6, 6.07) is 59.3. The maximum atomic E-state index is 3.75. The van der Waals surface area contributed by atoms with Gasteiger partial charge in [0, 0.05) is 32.4 Å². The molecule has 0 saturated heterocycles. The topological polar surface area (TPSA) is 12.0 Å². The van der Waals surface area contributed by atoms with Crippen LogP contribution >= 0.6 is 11.3 Å². The van der Waals surface area contributed by atoms with Gasteiger partial charge in [-0.25, -0.2) is 0 Å². The van der Waals surface area contributed by atoms with Crippen LogP contribution < -0.4 is 5.32 Å². The van der Waals surface area contributed by atoms with Crippen LogP contribution in [0.4, 0.5) is 0 Å². The SMILES string of the molecule is C(/Cc1ccccc1)=C(/NCc1ccccc1)c1cccc(-c2cccc(-c3cccc4c3sc3cc5ccccc5cc34)c2)c1.CC. The first-order chi connectivity index (χ1) is 23.8. The van der Waals surface area contributed by atoms with E-state index in [1.165, 1.54) is 69.9 Å². The van der Waals surface area contributed by atoms with E-state index in [2.05, 4.69) is 175 Å². The van der Waals surface area contributed by atoms with Crippen molar-refractivity contribution in [3.63, 3.8) is 0 Å². The first-order valence-corrected chi connectivity index (χ1v) is 17.7. The third kappa shape index (κ3) is 6.67. The molecule has 0 radical (unpaired) electrons. The van der Waals surface area contributed by atoms with E-state index in [0.29, 0.717) is 0 Å². The fourth-order valence-corrected chi connectivity index (χ4v) is 7.63. The molecule has 1 aromatic heterocycles. The number of benzene rings is 7. The van der Waals surface area contributed by atoms with E-state index in [4.69, 9.17) is 0 Å². The van der Waals surface area contributed by atoms with Gasteiger partial charge in [0.15, 0.2) is 0 Å². The van der Waals surface area contributed by atoms with Gasteiger partial charge in [-0.05, 0) is 80.4 Å². The minimum Gasteiger partial charge on any atom is -0.381 e. The molecule has 0 aliphatic heterocycles. The molecule has 0 atom stereocenters. The zero-order valence-corrected chi connectivity index (χ0v) is 28.3. The first kappa shape index (κ1) is 31.2. The lowest BCUT2D eigenvalue weighted by molar-refractivity contribution is 0.886. The van der Waals surface area contributed by atoms with Gasteiger partial charge in [0.05, 0.1) is 0 Å². The number of thiophene rings is 1. The minimum atomic E-state index is 0.774. The summed E-state index contributed by atoms with van der Waals surface area (Å²) in [4.78, 5) is 0. The highest BCUT2D eigenvalue weighted by atomic mass is 32.1. The highest BCUT2D eigenvalue weighted by Crippen LogP contribution is 2.42. The molecule has 0 bridgehead atoms. The average molecular weight is 638 g/mol. The molecule has 1 N–H and O–H groups in total. The second-order valence-electron chi connectivity index (χ2n) is 11.8. The Hall–Kier alpha value is -5.44. The van der Waals surface area contributed by atoms with Crippen LogP contribution in [0.25, 0.3) is 58.9 Å². The molecule has 0 amide bonds. The Morgan fingerprint density at radius 3 is 1.94 bits per heavy atom.